The summed E-state index contributed by atoms with van der Waals surface area (Å²) in [6, 6.07) is 0. The third-order valence-corrected chi connectivity index (χ3v) is 2.46. The fraction of sp³-hybridized carbons (Fsp3) is 0.750. The van der Waals surface area contributed by atoms with Crippen LogP contribution in [0.5, 0.6) is 0 Å². The summed E-state index contributed by atoms with van der Waals surface area (Å²) >= 11 is 2.72. The van der Waals surface area contributed by atoms with Crippen molar-refractivity contribution < 1.29 is 17.7 Å². The number of carbonyl (C=O) groups excluding carboxylic acids is 1. The van der Waals surface area contributed by atoms with E-state index in [0.717, 1.165) is 0 Å². The normalized spacial score (nSPS) is 32.2. The zero-order valence-electron chi connectivity index (χ0n) is 4.82. The second-order valence-electron chi connectivity index (χ2n) is 1.65. The van der Waals surface area contributed by atoms with Crippen LogP contribution in [0.1, 0.15) is 0 Å². The molecule has 10 heavy (non-hydrogen) atoms. The maximum absolute atomic E-state index is 10.7. The van der Waals surface area contributed by atoms with Crippen molar-refractivity contribution in [2.75, 3.05) is 5.75 Å². The molecule has 1 N–H and O–H groups in total. The quantitative estimate of drug-likeness (QED) is 0.697. The highest BCUT2D eigenvalue weighted by atomic mass is 127. The van der Waals surface area contributed by atoms with Gasteiger partial charge in [0, 0.05) is 5.75 Å². The van der Waals surface area contributed by atoms with Crippen LogP contribution < -0.4 is 0 Å². The number of hydrogen-bond donors (Lipinski definition) is 1. The van der Waals surface area contributed by atoms with Crippen molar-refractivity contribution in [3.8, 4) is 0 Å². The number of aliphatic hydroxyl groups is 1. The average molecular weight is 276 g/mol. The predicted molar refractivity (Wildman–Crippen MR) is 43.4 cm³/mol. The predicted octanol–water partition coefficient (Wildman–Crippen LogP) is 0.288. The Morgan fingerprint density at radius 3 is 3.00 bits per heavy atom. The van der Waals surface area contributed by atoms with Crippen LogP contribution in [-0.4, -0.2) is 28.6 Å². The number of carbonyl (C=O) groups is 1. The van der Waals surface area contributed by atoms with Gasteiger partial charge in [0.2, 0.25) is 5.44 Å². The summed E-state index contributed by atoms with van der Waals surface area (Å²) in [5.41, 5.74) is -0.646. The van der Waals surface area contributed by atoms with Gasteiger partial charge in [-0.05, 0) is 0 Å². The summed E-state index contributed by atoms with van der Waals surface area (Å²) in [6.45, 7) is 0. The molecule has 0 aromatic rings. The highest BCUT2D eigenvalue weighted by Crippen LogP contribution is 2.25. The summed E-state index contributed by atoms with van der Waals surface area (Å²) in [4.78, 5) is 10.7. The van der Waals surface area contributed by atoms with Crippen LogP contribution in [0, 0.1) is 0 Å². The van der Waals surface area contributed by atoms with Crippen molar-refractivity contribution in [3.63, 3.8) is 0 Å². The third kappa shape index (κ3) is 1.97. The Kier molecular flexibility index (Phi) is 3.21. The van der Waals surface area contributed by atoms with Crippen molar-refractivity contribution in [3.05, 3.63) is 0 Å². The number of halogens is 1. The van der Waals surface area contributed by atoms with Gasteiger partial charge in [0.25, 0.3) is 0 Å². The fourth-order valence-corrected chi connectivity index (χ4v) is 1.76. The van der Waals surface area contributed by atoms with Crippen LogP contribution >= 0.6 is 34.8 Å². The molecule has 1 rings (SSSR count). The first-order valence-corrected chi connectivity index (χ1v) is 4.44. The van der Waals surface area contributed by atoms with Gasteiger partial charge >= 0.3 is 5.97 Å². The molecule has 0 amide bonds. The van der Waals surface area contributed by atoms with Gasteiger partial charge < -0.3 is 12.9 Å². The molecule has 2 atom stereocenters. The highest BCUT2D eigenvalue weighted by molar-refractivity contribution is 14.1. The maximum Gasteiger partial charge on any atom is 0.355 e. The van der Waals surface area contributed by atoms with Gasteiger partial charge in [-0.1, -0.05) is 0 Å². The van der Waals surface area contributed by atoms with Gasteiger partial charge in [-0.15, -0.1) is 11.8 Å². The Morgan fingerprint density at radius 2 is 2.60 bits per heavy atom. The van der Waals surface area contributed by atoms with E-state index in [0.29, 0.717) is 5.75 Å². The zero-order valence-corrected chi connectivity index (χ0v) is 7.79. The molecule has 0 saturated carbocycles. The number of ether oxygens (including phenoxy) is 1. The molecule has 0 spiro atoms. The Morgan fingerprint density at radius 1 is 1.90 bits per heavy atom. The molecule has 0 radical (unpaired) electrons. The van der Waals surface area contributed by atoms with Crippen molar-refractivity contribution in [2.45, 2.75) is 11.7 Å². The molecular formula is C4H5IO4S. The molecular weight excluding hydrogens is 271 g/mol. The Bertz CT molecular complexity index is 141. The lowest BCUT2D eigenvalue weighted by molar-refractivity contribution is -0.148. The molecule has 6 heteroatoms. The van der Waals surface area contributed by atoms with Gasteiger partial charge in [0.1, 0.15) is 0 Å². The van der Waals surface area contributed by atoms with Gasteiger partial charge in [-0.3, -0.25) is 0 Å². The molecule has 0 aliphatic carbocycles. The van der Waals surface area contributed by atoms with Gasteiger partial charge in [0.15, 0.2) is 29.3 Å². The maximum atomic E-state index is 10.7. The van der Waals surface area contributed by atoms with Crippen LogP contribution in [0.3, 0.4) is 0 Å². The summed E-state index contributed by atoms with van der Waals surface area (Å²) in [6.07, 6.45) is -0.828. The number of aliphatic hydroxyl groups excluding tert-OH is 1. The first-order valence-electron chi connectivity index (χ1n) is 2.51. The minimum absolute atomic E-state index is 0.427. The van der Waals surface area contributed by atoms with Crippen molar-refractivity contribution in [1.29, 1.82) is 0 Å². The SMILES string of the molecule is O=C(OI)C1OC(O)CS1. The molecule has 58 valence electrons. The Hall–Kier alpha value is 0.470. The number of thioether (sulfide) groups is 1. The first-order chi connectivity index (χ1) is 4.74. The zero-order chi connectivity index (χ0) is 7.56. The van der Waals surface area contributed by atoms with E-state index in [1.54, 1.807) is 0 Å². The Balaban J connectivity index is 2.37. The van der Waals surface area contributed by atoms with Crippen LogP contribution in [0.25, 0.3) is 0 Å². The van der Waals surface area contributed by atoms with Crippen LogP contribution in [0.2, 0.25) is 0 Å². The lowest BCUT2D eigenvalue weighted by Gasteiger charge is -2.03. The summed E-state index contributed by atoms with van der Waals surface area (Å²) in [5, 5.41) is 8.79. The molecule has 1 heterocycles. The first kappa shape index (κ1) is 8.57. The van der Waals surface area contributed by atoms with E-state index >= 15 is 0 Å². The number of rotatable bonds is 1. The van der Waals surface area contributed by atoms with E-state index in [1.807, 2.05) is 0 Å². The molecule has 4 nitrogen and oxygen atoms in total. The highest BCUT2D eigenvalue weighted by Gasteiger charge is 2.31. The second-order valence-corrected chi connectivity index (χ2v) is 3.19. The fourth-order valence-electron chi connectivity index (χ4n) is 0.551. The van der Waals surface area contributed by atoms with E-state index < -0.39 is 17.7 Å². The molecule has 1 aliphatic heterocycles. The molecule has 1 fully saturated rings. The van der Waals surface area contributed by atoms with E-state index in [2.05, 4.69) is 3.07 Å². The van der Waals surface area contributed by atoms with Gasteiger partial charge in [-0.2, -0.15) is 0 Å². The number of hydrogen-bond acceptors (Lipinski definition) is 5. The molecule has 1 aliphatic rings. The summed E-state index contributed by atoms with van der Waals surface area (Å²) in [5.74, 6) is -0.0294. The molecule has 2 unspecified atom stereocenters. The third-order valence-electron chi connectivity index (χ3n) is 0.939. The average Bonchev–Trinajstić information content (AvgIpc) is 2.34. The van der Waals surface area contributed by atoms with Gasteiger partial charge in [0.05, 0.1) is 0 Å². The second kappa shape index (κ2) is 3.74. The summed E-state index contributed by atoms with van der Waals surface area (Å²) in [7, 11) is 0. The molecule has 0 aromatic heterocycles. The van der Waals surface area contributed by atoms with Crippen molar-refractivity contribution >= 4 is 40.7 Å². The standard InChI is InChI=1S/C4H5IO4S/c5-9-3(7)4-8-2(6)1-10-4/h2,4,6H,1H2. The summed E-state index contributed by atoms with van der Waals surface area (Å²) < 4.78 is 9.11. The topological polar surface area (TPSA) is 55.8 Å². The minimum Gasteiger partial charge on any atom is -0.392 e. The monoisotopic (exact) mass is 276 g/mol. The van der Waals surface area contributed by atoms with Crippen molar-refractivity contribution in [2.24, 2.45) is 0 Å². The van der Waals surface area contributed by atoms with Crippen LogP contribution in [0.15, 0.2) is 0 Å². The molecule has 0 bridgehead atoms. The van der Waals surface area contributed by atoms with E-state index in [1.165, 1.54) is 34.8 Å². The minimum atomic E-state index is -0.828. The lowest BCUT2D eigenvalue weighted by atomic mass is 10.7. The van der Waals surface area contributed by atoms with E-state index in [-0.39, 0.29) is 0 Å². The van der Waals surface area contributed by atoms with Gasteiger partial charge in [-0.25, -0.2) is 4.79 Å². The van der Waals surface area contributed by atoms with Crippen LogP contribution in [-0.2, 0) is 12.6 Å². The van der Waals surface area contributed by atoms with Crippen molar-refractivity contribution in [1.82, 2.24) is 0 Å². The largest absolute Gasteiger partial charge is 0.392 e. The molecule has 0 aromatic carbocycles. The van der Waals surface area contributed by atoms with E-state index in [4.69, 9.17) is 9.84 Å². The lowest BCUT2D eigenvalue weighted by Crippen LogP contribution is -2.19. The smallest absolute Gasteiger partial charge is 0.355 e. The molecule has 1 saturated heterocycles. The Labute approximate surface area is 75.9 Å². The van der Waals surface area contributed by atoms with E-state index in [9.17, 15) is 4.79 Å². The van der Waals surface area contributed by atoms with Crippen LogP contribution in [0.4, 0.5) is 0 Å².